The highest BCUT2D eigenvalue weighted by molar-refractivity contribution is 5.82. The van der Waals surface area contributed by atoms with Crippen LogP contribution in [0.4, 0.5) is 0 Å². The van der Waals surface area contributed by atoms with Gasteiger partial charge in [0.15, 0.2) is 6.61 Å². The number of benzene rings is 2. The molecule has 2 aromatic carbocycles. The summed E-state index contributed by atoms with van der Waals surface area (Å²) in [6, 6.07) is 14.1. The van der Waals surface area contributed by atoms with Gasteiger partial charge in [-0.15, -0.1) is 0 Å². The first-order valence-corrected chi connectivity index (χ1v) is 9.48. The number of aryl methyl sites for hydroxylation is 1. The third-order valence-corrected chi connectivity index (χ3v) is 4.75. The van der Waals surface area contributed by atoms with Crippen molar-refractivity contribution >= 4 is 16.9 Å². The number of hydrogen-bond donors (Lipinski definition) is 1. The van der Waals surface area contributed by atoms with Crippen molar-refractivity contribution in [2.75, 3.05) is 13.7 Å². The van der Waals surface area contributed by atoms with E-state index in [1.54, 1.807) is 19.2 Å². The number of amides is 1. The molecule has 1 heterocycles. The molecule has 0 saturated carbocycles. The van der Waals surface area contributed by atoms with E-state index in [1.165, 1.54) is 6.07 Å². The maximum Gasteiger partial charge on any atom is 0.336 e. The van der Waals surface area contributed by atoms with Crippen LogP contribution in [0, 0.1) is 12.8 Å². The van der Waals surface area contributed by atoms with Gasteiger partial charge in [0.1, 0.15) is 17.1 Å². The molecule has 0 aliphatic rings. The van der Waals surface area contributed by atoms with Crippen LogP contribution in [0.5, 0.6) is 11.5 Å². The molecular formula is C23H25NO5. The molecule has 0 spiro atoms. The second-order valence-corrected chi connectivity index (χ2v) is 7.26. The van der Waals surface area contributed by atoms with Crippen molar-refractivity contribution in [1.29, 1.82) is 0 Å². The zero-order chi connectivity index (χ0) is 21.0. The highest BCUT2D eigenvalue weighted by Gasteiger charge is 2.19. The van der Waals surface area contributed by atoms with Crippen LogP contribution in [0.3, 0.4) is 0 Å². The molecule has 0 unspecified atom stereocenters. The van der Waals surface area contributed by atoms with Crippen LogP contribution in [-0.2, 0) is 4.79 Å². The number of rotatable bonds is 7. The predicted octanol–water partition coefficient (Wildman–Crippen LogP) is 4.00. The van der Waals surface area contributed by atoms with E-state index in [4.69, 9.17) is 13.9 Å². The molecule has 0 bridgehead atoms. The van der Waals surface area contributed by atoms with Gasteiger partial charge in [-0.1, -0.05) is 26.0 Å². The Labute approximate surface area is 169 Å². The topological polar surface area (TPSA) is 77.8 Å². The Balaban J connectivity index is 1.67. The van der Waals surface area contributed by atoms with Crippen LogP contribution in [0.2, 0.25) is 0 Å². The van der Waals surface area contributed by atoms with Crippen molar-refractivity contribution in [3.8, 4) is 11.5 Å². The van der Waals surface area contributed by atoms with E-state index < -0.39 is 5.63 Å². The van der Waals surface area contributed by atoms with Gasteiger partial charge in [0.25, 0.3) is 5.91 Å². The standard InChI is InChI=1S/C23H25NO5/c1-14(2)23(16-5-7-17(27-4)8-6-16)24-21(25)13-28-18-9-10-19-15(3)11-22(26)29-20(19)12-18/h5-12,14,23H,13H2,1-4H3,(H,24,25)/t23-/m1/s1. The van der Waals surface area contributed by atoms with Gasteiger partial charge in [-0.3, -0.25) is 4.79 Å². The fraction of sp³-hybridized carbons (Fsp3) is 0.304. The molecule has 3 rings (SSSR count). The summed E-state index contributed by atoms with van der Waals surface area (Å²) in [4.78, 5) is 24.0. The molecule has 6 heteroatoms. The Bertz CT molecular complexity index is 1050. The number of ether oxygens (including phenoxy) is 2. The van der Waals surface area contributed by atoms with Crippen LogP contribution in [-0.4, -0.2) is 19.6 Å². The Kier molecular flexibility index (Phi) is 6.22. The molecule has 1 aromatic heterocycles. The van der Waals surface area contributed by atoms with Crippen molar-refractivity contribution in [3.05, 3.63) is 70.1 Å². The zero-order valence-corrected chi connectivity index (χ0v) is 17.0. The first-order valence-electron chi connectivity index (χ1n) is 9.48. The molecule has 0 aliphatic carbocycles. The van der Waals surface area contributed by atoms with Crippen molar-refractivity contribution in [2.24, 2.45) is 5.92 Å². The minimum Gasteiger partial charge on any atom is -0.497 e. The third-order valence-electron chi connectivity index (χ3n) is 4.75. The molecular weight excluding hydrogens is 370 g/mol. The lowest BCUT2D eigenvalue weighted by Gasteiger charge is -2.23. The Morgan fingerprint density at radius 2 is 1.76 bits per heavy atom. The molecule has 0 radical (unpaired) electrons. The van der Waals surface area contributed by atoms with E-state index in [0.29, 0.717) is 11.3 Å². The predicted molar refractivity (Wildman–Crippen MR) is 111 cm³/mol. The molecule has 0 fully saturated rings. The van der Waals surface area contributed by atoms with Crippen LogP contribution in [0.25, 0.3) is 11.0 Å². The van der Waals surface area contributed by atoms with Gasteiger partial charge in [0.05, 0.1) is 13.2 Å². The molecule has 0 saturated heterocycles. The average molecular weight is 395 g/mol. The number of fused-ring (bicyclic) bond motifs is 1. The van der Waals surface area contributed by atoms with Gasteiger partial charge in [0.2, 0.25) is 0 Å². The summed E-state index contributed by atoms with van der Waals surface area (Å²) in [5, 5.41) is 3.85. The lowest BCUT2D eigenvalue weighted by Crippen LogP contribution is -2.35. The van der Waals surface area contributed by atoms with Gasteiger partial charge in [-0.2, -0.15) is 0 Å². The average Bonchev–Trinajstić information content (AvgIpc) is 2.70. The smallest absolute Gasteiger partial charge is 0.336 e. The maximum atomic E-state index is 12.5. The van der Waals surface area contributed by atoms with E-state index in [0.717, 1.165) is 22.3 Å². The van der Waals surface area contributed by atoms with Crippen molar-refractivity contribution < 1.29 is 18.7 Å². The van der Waals surface area contributed by atoms with Crippen LogP contribution < -0.4 is 20.4 Å². The van der Waals surface area contributed by atoms with Crippen LogP contribution in [0.15, 0.2) is 57.7 Å². The van der Waals surface area contributed by atoms with Crippen molar-refractivity contribution in [1.82, 2.24) is 5.32 Å². The van der Waals surface area contributed by atoms with E-state index in [2.05, 4.69) is 5.32 Å². The summed E-state index contributed by atoms with van der Waals surface area (Å²) in [5.74, 6) is 1.20. The van der Waals surface area contributed by atoms with E-state index >= 15 is 0 Å². The maximum absolute atomic E-state index is 12.5. The summed E-state index contributed by atoms with van der Waals surface area (Å²) < 4.78 is 16.0. The second kappa shape index (κ2) is 8.82. The monoisotopic (exact) mass is 395 g/mol. The molecule has 1 atom stereocenters. The van der Waals surface area contributed by atoms with Crippen LogP contribution >= 0.6 is 0 Å². The normalized spacial score (nSPS) is 12.0. The molecule has 152 valence electrons. The van der Waals surface area contributed by atoms with Gasteiger partial charge in [-0.25, -0.2) is 4.79 Å². The van der Waals surface area contributed by atoms with Gasteiger partial charge >= 0.3 is 5.63 Å². The molecule has 0 aliphatic heterocycles. The number of nitrogens with one attached hydrogen (secondary N) is 1. The molecule has 1 amide bonds. The zero-order valence-electron chi connectivity index (χ0n) is 17.0. The van der Waals surface area contributed by atoms with Gasteiger partial charge in [0, 0.05) is 17.5 Å². The quantitative estimate of drug-likeness (QED) is 0.612. The molecule has 6 nitrogen and oxygen atoms in total. The molecule has 3 aromatic rings. The highest BCUT2D eigenvalue weighted by Crippen LogP contribution is 2.24. The highest BCUT2D eigenvalue weighted by atomic mass is 16.5. The third kappa shape index (κ3) is 4.96. The summed E-state index contributed by atoms with van der Waals surface area (Å²) in [6.45, 7) is 5.80. The van der Waals surface area contributed by atoms with Crippen LogP contribution in [0.1, 0.15) is 31.0 Å². The van der Waals surface area contributed by atoms with E-state index in [9.17, 15) is 9.59 Å². The SMILES string of the molecule is COc1ccc([C@H](NC(=O)COc2ccc3c(C)cc(=O)oc3c2)C(C)C)cc1. The Hall–Kier alpha value is -3.28. The molecule has 29 heavy (non-hydrogen) atoms. The second-order valence-electron chi connectivity index (χ2n) is 7.26. The molecule has 1 N–H and O–H groups in total. The first kappa shape index (κ1) is 20.5. The minimum atomic E-state index is -0.413. The number of carbonyl (C=O) groups excluding carboxylic acids is 1. The largest absolute Gasteiger partial charge is 0.497 e. The summed E-state index contributed by atoms with van der Waals surface area (Å²) in [5.41, 5.74) is 1.85. The Morgan fingerprint density at radius 1 is 1.07 bits per heavy atom. The van der Waals surface area contributed by atoms with Gasteiger partial charge < -0.3 is 19.2 Å². The number of carbonyl (C=O) groups is 1. The fourth-order valence-electron chi connectivity index (χ4n) is 3.21. The fourth-order valence-corrected chi connectivity index (χ4v) is 3.21. The first-order chi connectivity index (χ1) is 13.9. The Morgan fingerprint density at radius 3 is 2.41 bits per heavy atom. The summed E-state index contributed by atoms with van der Waals surface area (Å²) >= 11 is 0. The lowest BCUT2D eigenvalue weighted by molar-refractivity contribution is -0.124. The van der Waals surface area contributed by atoms with E-state index in [1.807, 2.05) is 51.1 Å². The summed E-state index contributed by atoms with van der Waals surface area (Å²) in [7, 11) is 1.62. The number of methoxy groups -OCH3 is 1. The van der Waals surface area contributed by atoms with Crippen molar-refractivity contribution in [3.63, 3.8) is 0 Å². The minimum absolute atomic E-state index is 0.138. The number of hydrogen-bond acceptors (Lipinski definition) is 5. The summed E-state index contributed by atoms with van der Waals surface area (Å²) in [6.07, 6.45) is 0. The lowest BCUT2D eigenvalue weighted by atomic mass is 9.96. The van der Waals surface area contributed by atoms with E-state index in [-0.39, 0.29) is 24.5 Å². The van der Waals surface area contributed by atoms with Gasteiger partial charge in [-0.05, 0) is 48.2 Å². The van der Waals surface area contributed by atoms with Crippen molar-refractivity contribution in [2.45, 2.75) is 26.8 Å².